The molecule has 0 spiro atoms. The van der Waals surface area contributed by atoms with E-state index in [1.54, 1.807) is 0 Å². The van der Waals surface area contributed by atoms with Gasteiger partial charge in [0.2, 0.25) is 0 Å². The molecule has 1 heteroatoms. The zero-order chi connectivity index (χ0) is 13.7. The lowest BCUT2D eigenvalue weighted by Gasteiger charge is -2.25. The lowest BCUT2D eigenvalue weighted by Crippen LogP contribution is -2.32. The second-order valence-corrected chi connectivity index (χ2v) is 4.83. The molecule has 0 bridgehead atoms. The summed E-state index contributed by atoms with van der Waals surface area (Å²) >= 11 is 0. The van der Waals surface area contributed by atoms with Crippen molar-refractivity contribution >= 4 is 0 Å². The predicted octanol–water partition coefficient (Wildman–Crippen LogP) is 5.35. The van der Waals surface area contributed by atoms with Crippen LogP contribution in [-0.2, 0) is 0 Å². The molecule has 1 unspecified atom stereocenters. The first kappa shape index (κ1) is 19.3. The third kappa shape index (κ3) is 9.64. The first-order valence-corrected chi connectivity index (χ1v) is 7.98. The highest BCUT2D eigenvalue weighted by Gasteiger charge is 2.23. The van der Waals surface area contributed by atoms with E-state index in [-0.39, 0.29) is 0 Å². The van der Waals surface area contributed by atoms with E-state index in [0.717, 1.165) is 12.0 Å². The quantitative estimate of drug-likeness (QED) is 0.629. The molecular formula is C16H37N. The number of hydrogen-bond donors (Lipinski definition) is 0. The summed E-state index contributed by atoms with van der Waals surface area (Å²) in [6.45, 7) is 17.6. The summed E-state index contributed by atoms with van der Waals surface area (Å²) in [5, 5.41) is 0. The van der Waals surface area contributed by atoms with Crippen LogP contribution in [0.3, 0.4) is 0 Å². The van der Waals surface area contributed by atoms with Crippen LogP contribution in [0.25, 0.3) is 0 Å². The molecule has 0 N–H and O–H groups in total. The summed E-state index contributed by atoms with van der Waals surface area (Å²) in [4.78, 5) is 2.71. The van der Waals surface area contributed by atoms with Crippen molar-refractivity contribution < 1.29 is 0 Å². The molecule has 1 nitrogen and oxygen atoms in total. The van der Waals surface area contributed by atoms with E-state index < -0.39 is 0 Å². The van der Waals surface area contributed by atoms with Gasteiger partial charge in [-0.05, 0) is 31.7 Å². The third-order valence-electron chi connectivity index (χ3n) is 2.99. The fourth-order valence-corrected chi connectivity index (χ4v) is 2.37. The van der Waals surface area contributed by atoms with Gasteiger partial charge in [-0.25, -0.2) is 0 Å². The van der Waals surface area contributed by atoms with Crippen LogP contribution >= 0.6 is 0 Å². The molecular weight excluding hydrogens is 206 g/mol. The van der Waals surface area contributed by atoms with Gasteiger partial charge >= 0.3 is 0 Å². The van der Waals surface area contributed by atoms with Gasteiger partial charge in [0.25, 0.3) is 0 Å². The first-order valence-electron chi connectivity index (χ1n) is 7.98. The van der Waals surface area contributed by atoms with Crippen molar-refractivity contribution in [1.29, 1.82) is 0 Å². The van der Waals surface area contributed by atoms with Crippen molar-refractivity contribution in [2.75, 3.05) is 13.1 Å². The van der Waals surface area contributed by atoms with Crippen LogP contribution in [0.2, 0.25) is 0 Å². The molecule has 1 saturated heterocycles. The minimum Gasteiger partial charge on any atom is -0.300 e. The molecule has 0 aromatic rings. The maximum absolute atomic E-state index is 2.71. The Balaban J connectivity index is 0. The normalized spacial score (nSPS) is 19.4. The summed E-state index contributed by atoms with van der Waals surface area (Å²) in [5.74, 6) is 0.835. The van der Waals surface area contributed by atoms with Crippen LogP contribution in [0, 0.1) is 5.92 Å². The Morgan fingerprint density at radius 1 is 1.12 bits per heavy atom. The summed E-state index contributed by atoms with van der Waals surface area (Å²) in [5.41, 5.74) is 0. The SMILES string of the molecule is CC.CC.CCCCC1CCCN1CC(C)C. The van der Waals surface area contributed by atoms with Crippen molar-refractivity contribution in [2.45, 2.75) is 86.6 Å². The Kier molecular flexibility index (Phi) is 15.9. The molecule has 0 saturated carbocycles. The lowest BCUT2D eigenvalue weighted by molar-refractivity contribution is 0.215. The highest BCUT2D eigenvalue weighted by Crippen LogP contribution is 2.22. The van der Waals surface area contributed by atoms with E-state index in [0.29, 0.717) is 0 Å². The Morgan fingerprint density at radius 2 is 1.71 bits per heavy atom. The largest absolute Gasteiger partial charge is 0.300 e. The fraction of sp³-hybridized carbons (Fsp3) is 1.00. The Labute approximate surface area is 111 Å². The second kappa shape index (κ2) is 14.0. The highest BCUT2D eigenvalue weighted by atomic mass is 15.2. The van der Waals surface area contributed by atoms with E-state index >= 15 is 0 Å². The molecule has 0 radical (unpaired) electrons. The van der Waals surface area contributed by atoms with Gasteiger partial charge in [-0.15, -0.1) is 0 Å². The Bertz CT molecular complexity index is 131. The average Bonchev–Trinajstić information content (AvgIpc) is 2.78. The van der Waals surface area contributed by atoms with E-state index in [1.807, 2.05) is 27.7 Å². The number of nitrogens with zero attached hydrogens (tertiary/aromatic N) is 1. The molecule has 1 aliphatic heterocycles. The van der Waals surface area contributed by atoms with Crippen molar-refractivity contribution in [1.82, 2.24) is 4.90 Å². The summed E-state index contributed by atoms with van der Waals surface area (Å²) in [6, 6.07) is 0.919. The van der Waals surface area contributed by atoms with Gasteiger partial charge in [0, 0.05) is 12.6 Å². The maximum atomic E-state index is 2.71. The van der Waals surface area contributed by atoms with Crippen LogP contribution in [-0.4, -0.2) is 24.0 Å². The maximum Gasteiger partial charge on any atom is 0.00958 e. The second-order valence-electron chi connectivity index (χ2n) is 4.83. The molecule has 1 atom stereocenters. The van der Waals surface area contributed by atoms with Gasteiger partial charge < -0.3 is 4.90 Å². The van der Waals surface area contributed by atoms with E-state index in [9.17, 15) is 0 Å². The zero-order valence-electron chi connectivity index (χ0n) is 13.6. The van der Waals surface area contributed by atoms with Gasteiger partial charge in [-0.3, -0.25) is 0 Å². The van der Waals surface area contributed by atoms with Gasteiger partial charge in [0.15, 0.2) is 0 Å². The molecule has 0 aliphatic carbocycles. The molecule has 106 valence electrons. The number of unbranched alkanes of at least 4 members (excludes halogenated alkanes) is 1. The molecule has 1 aliphatic rings. The fourth-order valence-electron chi connectivity index (χ4n) is 2.37. The number of rotatable bonds is 5. The van der Waals surface area contributed by atoms with Crippen LogP contribution in [0.4, 0.5) is 0 Å². The van der Waals surface area contributed by atoms with Gasteiger partial charge in [-0.1, -0.05) is 61.3 Å². The molecule has 0 aromatic heterocycles. The van der Waals surface area contributed by atoms with Crippen LogP contribution in [0.5, 0.6) is 0 Å². The average molecular weight is 243 g/mol. The van der Waals surface area contributed by atoms with Crippen LogP contribution in [0.1, 0.15) is 80.6 Å². The summed E-state index contributed by atoms with van der Waals surface area (Å²) < 4.78 is 0. The van der Waals surface area contributed by atoms with E-state index in [2.05, 4.69) is 25.7 Å². The minimum atomic E-state index is 0.835. The molecule has 1 fully saturated rings. The predicted molar refractivity (Wildman–Crippen MR) is 81.7 cm³/mol. The molecule has 0 amide bonds. The topological polar surface area (TPSA) is 3.24 Å². The van der Waals surface area contributed by atoms with Gasteiger partial charge in [0.1, 0.15) is 0 Å². The third-order valence-corrected chi connectivity index (χ3v) is 2.99. The number of likely N-dealkylation sites (tertiary alicyclic amines) is 1. The standard InChI is InChI=1S/C12H25N.2C2H6/c1-4-5-7-12-8-6-9-13(12)10-11(2)3;2*1-2/h11-12H,4-10H2,1-3H3;2*1-2H3. The van der Waals surface area contributed by atoms with Gasteiger partial charge in [-0.2, -0.15) is 0 Å². The van der Waals surface area contributed by atoms with E-state index in [4.69, 9.17) is 0 Å². The monoisotopic (exact) mass is 243 g/mol. The van der Waals surface area contributed by atoms with Crippen molar-refractivity contribution in [2.24, 2.45) is 5.92 Å². The minimum absolute atomic E-state index is 0.835. The van der Waals surface area contributed by atoms with E-state index in [1.165, 1.54) is 45.2 Å². The van der Waals surface area contributed by atoms with Crippen LogP contribution in [0.15, 0.2) is 0 Å². The smallest absolute Gasteiger partial charge is 0.00958 e. The highest BCUT2D eigenvalue weighted by molar-refractivity contribution is 4.79. The summed E-state index contributed by atoms with van der Waals surface area (Å²) in [7, 11) is 0. The van der Waals surface area contributed by atoms with Crippen molar-refractivity contribution in [3.63, 3.8) is 0 Å². The lowest BCUT2D eigenvalue weighted by atomic mass is 10.1. The zero-order valence-corrected chi connectivity index (χ0v) is 13.6. The Hall–Kier alpha value is -0.0400. The van der Waals surface area contributed by atoms with Crippen molar-refractivity contribution in [3.8, 4) is 0 Å². The number of hydrogen-bond acceptors (Lipinski definition) is 1. The Morgan fingerprint density at radius 3 is 2.18 bits per heavy atom. The van der Waals surface area contributed by atoms with Gasteiger partial charge in [0.05, 0.1) is 0 Å². The summed E-state index contributed by atoms with van der Waals surface area (Å²) in [6.07, 6.45) is 7.09. The molecule has 1 heterocycles. The van der Waals surface area contributed by atoms with Crippen LogP contribution < -0.4 is 0 Å². The molecule has 17 heavy (non-hydrogen) atoms. The van der Waals surface area contributed by atoms with Crippen molar-refractivity contribution in [3.05, 3.63) is 0 Å². The molecule has 0 aromatic carbocycles. The first-order chi connectivity index (χ1) is 8.24. The molecule has 1 rings (SSSR count).